The average Bonchev–Trinajstić information content (AvgIpc) is 2.67. The highest BCUT2D eigenvalue weighted by molar-refractivity contribution is 9.10. The Morgan fingerprint density at radius 2 is 2.06 bits per heavy atom. The molecule has 17 heavy (non-hydrogen) atoms. The first kappa shape index (κ1) is 10.5. The summed E-state index contributed by atoms with van der Waals surface area (Å²) in [5.41, 5.74) is 2.97. The monoisotopic (exact) mass is 287 g/mol. The predicted molar refractivity (Wildman–Crippen MR) is 71.6 cm³/mol. The Morgan fingerprint density at radius 3 is 2.82 bits per heavy atom. The molecule has 0 atom stereocenters. The lowest BCUT2D eigenvalue weighted by Crippen LogP contribution is -1.93. The number of rotatable bonds is 1. The van der Waals surface area contributed by atoms with Gasteiger partial charge < -0.3 is 4.57 Å². The lowest BCUT2D eigenvalue weighted by atomic mass is 10.3. The van der Waals surface area contributed by atoms with Gasteiger partial charge in [-0.3, -0.25) is 4.98 Å². The van der Waals surface area contributed by atoms with Gasteiger partial charge in [0.1, 0.15) is 5.69 Å². The van der Waals surface area contributed by atoms with E-state index < -0.39 is 0 Å². The Hall–Kier alpha value is -1.68. The van der Waals surface area contributed by atoms with Crippen LogP contribution >= 0.6 is 15.9 Å². The molecule has 84 valence electrons. The SMILES string of the molecule is Cn1c(-c2ccccn2)nc2cc(Br)ccc21. The topological polar surface area (TPSA) is 30.7 Å². The molecule has 0 aliphatic heterocycles. The van der Waals surface area contributed by atoms with Gasteiger partial charge in [0.05, 0.1) is 11.0 Å². The van der Waals surface area contributed by atoms with Crippen LogP contribution in [-0.2, 0) is 7.05 Å². The molecule has 0 saturated carbocycles. The minimum absolute atomic E-state index is 0.888. The van der Waals surface area contributed by atoms with Gasteiger partial charge in [0, 0.05) is 17.7 Å². The number of aryl methyl sites for hydroxylation is 1. The van der Waals surface area contributed by atoms with Gasteiger partial charge in [-0.2, -0.15) is 0 Å². The molecule has 0 spiro atoms. The van der Waals surface area contributed by atoms with Crippen molar-refractivity contribution in [2.45, 2.75) is 0 Å². The zero-order chi connectivity index (χ0) is 11.8. The number of imidazole rings is 1. The maximum absolute atomic E-state index is 4.61. The second-order valence-corrected chi connectivity index (χ2v) is 4.76. The largest absolute Gasteiger partial charge is 0.326 e. The molecule has 3 aromatic rings. The minimum atomic E-state index is 0.888. The fourth-order valence-electron chi connectivity index (χ4n) is 1.90. The molecule has 0 saturated heterocycles. The maximum Gasteiger partial charge on any atom is 0.159 e. The number of halogens is 1. The first-order valence-corrected chi connectivity index (χ1v) is 6.08. The molecule has 0 amide bonds. The normalized spacial score (nSPS) is 10.9. The van der Waals surface area contributed by atoms with Crippen LogP contribution in [-0.4, -0.2) is 14.5 Å². The summed E-state index contributed by atoms with van der Waals surface area (Å²) in [6, 6.07) is 11.9. The van der Waals surface area contributed by atoms with Crippen LogP contribution in [0.3, 0.4) is 0 Å². The first-order chi connectivity index (χ1) is 8.25. The van der Waals surface area contributed by atoms with E-state index in [1.165, 1.54) is 0 Å². The van der Waals surface area contributed by atoms with Crippen LogP contribution in [0, 0.1) is 0 Å². The molecule has 3 nitrogen and oxygen atoms in total. The number of fused-ring (bicyclic) bond motifs is 1. The van der Waals surface area contributed by atoms with Crippen molar-refractivity contribution in [3.63, 3.8) is 0 Å². The summed E-state index contributed by atoms with van der Waals surface area (Å²) >= 11 is 3.46. The van der Waals surface area contributed by atoms with Crippen LogP contribution in [0.4, 0.5) is 0 Å². The Morgan fingerprint density at radius 1 is 1.18 bits per heavy atom. The van der Waals surface area contributed by atoms with Crippen molar-refractivity contribution >= 4 is 27.0 Å². The summed E-state index contributed by atoms with van der Waals surface area (Å²) in [4.78, 5) is 8.95. The lowest BCUT2D eigenvalue weighted by molar-refractivity contribution is 0.950. The zero-order valence-corrected chi connectivity index (χ0v) is 10.8. The average molecular weight is 288 g/mol. The van der Waals surface area contributed by atoms with Crippen molar-refractivity contribution in [2.24, 2.45) is 7.05 Å². The van der Waals surface area contributed by atoms with E-state index in [2.05, 4.69) is 36.5 Å². The molecule has 3 rings (SSSR count). The number of pyridine rings is 1. The van der Waals surface area contributed by atoms with E-state index in [4.69, 9.17) is 0 Å². The van der Waals surface area contributed by atoms with Crippen molar-refractivity contribution in [1.82, 2.24) is 14.5 Å². The van der Waals surface area contributed by atoms with Crippen LogP contribution in [0.2, 0.25) is 0 Å². The molecule has 0 aliphatic carbocycles. The van der Waals surface area contributed by atoms with Crippen molar-refractivity contribution < 1.29 is 0 Å². The minimum Gasteiger partial charge on any atom is -0.326 e. The van der Waals surface area contributed by atoms with Gasteiger partial charge in [-0.15, -0.1) is 0 Å². The third-order valence-electron chi connectivity index (χ3n) is 2.74. The summed E-state index contributed by atoms with van der Waals surface area (Å²) in [6.45, 7) is 0. The third kappa shape index (κ3) is 1.74. The molecule has 2 aromatic heterocycles. The van der Waals surface area contributed by atoms with Crippen molar-refractivity contribution in [3.8, 4) is 11.5 Å². The molecule has 0 bridgehead atoms. The van der Waals surface area contributed by atoms with Gasteiger partial charge in [-0.25, -0.2) is 4.98 Å². The molecule has 0 aliphatic rings. The van der Waals surface area contributed by atoms with E-state index in [0.29, 0.717) is 0 Å². The Kier molecular flexibility index (Phi) is 2.44. The summed E-state index contributed by atoms with van der Waals surface area (Å²) in [5, 5.41) is 0. The highest BCUT2D eigenvalue weighted by Crippen LogP contribution is 2.24. The Balaban J connectivity index is 2.28. The second-order valence-electron chi connectivity index (χ2n) is 3.84. The van der Waals surface area contributed by atoms with Crippen LogP contribution in [0.15, 0.2) is 47.1 Å². The van der Waals surface area contributed by atoms with Gasteiger partial charge in [0.25, 0.3) is 0 Å². The fourth-order valence-corrected chi connectivity index (χ4v) is 2.25. The molecule has 0 radical (unpaired) electrons. The van der Waals surface area contributed by atoms with Gasteiger partial charge in [-0.05, 0) is 30.3 Å². The van der Waals surface area contributed by atoms with Crippen LogP contribution < -0.4 is 0 Å². The molecule has 0 unspecified atom stereocenters. The Bertz CT molecular complexity index is 674. The van der Waals surface area contributed by atoms with E-state index in [0.717, 1.165) is 27.0 Å². The standard InChI is InChI=1S/C13H10BrN3/c1-17-12-6-5-9(14)8-11(12)16-13(17)10-4-2-3-7-15-10/h2-8H,1H3. The van der Waals surface area contributed by atoms with E-state index in [9.17, 15) is 0 Å². The number of nitrogens with zero attached hydrogens (tertiary/aromatic N) is 3. The highest BCUT2D eigenvalue weighted by Gasteiger charge is 2.10. The molecule has 0 fully saturated rings. The fraction of sp³-hybridized carbons (Fsp3) is 0.0769. The summed E-state index contributed by atoms with van der Waals surface area (Å²) in [6.07, 6.45) is 1.78. The summed E-state index contributed by atoms with van der Waals surface area (Å²) in [5.74, 6) is 0.888. The number of hydrogen-bond donors (Lipinski definition) is 0. The van der Waals surface area contributed by atoms with Crippen LogP contribution in [0.5, 0.6) is 0 Å². The van der Waals surface area contributed by atoms with Crippen LogP contribution in [0.25, 0.3) is 22.6 Å². The van der Waals surface area contributed by atoms with Crippen molar-refractivity contribution in [3.05, 3.63) is 47.1 Å². The summed E-state index contributed by atoms with van der Waals surface area (Å²) in [7, 11) is 2.01. The van der Waals surface area contributed by atoms with E-state index in [1.807, 2.05) is 37.4 Å². The molecule has 4 heteroatoms. The molecule has 0 N–H and O–H groups in total. The number of aromatic nitrogens is 3. The quantitative estimate of drug-likeness (QED) is 0.687. The van der Waals surface area contributed by atoms with Gasteiger partial charge in [0.15, 0.2) is 5.82 Å². The van der Waals surface area contributed by atoms with Crippen molar-refractivity contribution in [1.29, 1.82) is 0 Å². The lowest BCUT2D eigenvalue weighted by Gasteiger charge is -2.00. The number of benzene rings is 1. The maximum atomic E-state index is 4.61. The number of hydrogen-bond acceptors (Lipinski definition) is 2. The molecule has 2 heterocycles. The second kappa shape index (κ2) is 3.96. The Labute approximate surface area is 107 Å². The predicted octanol–water partition coefficient (Wildman–Crippen LogP) is 3.40. The third-order valence-corrected chi connectivity index (χ3v) is 3.23. The molecular weight excluding hydrogens is 278 g/mol. The zero-order valence-electron chi connectivity index (χ0n) is 9.26. The van der Waals surface area contributed by atoms with E-state index >= 15 is 0 Å². The van der Waals surface area contributed by atoms with Crippen LogP contribution in [0.1, 0.15) is 0 Å². The van der Waals surface area contributed by atoms with Crippen molar-refractivity contribution in [2.75, 3.05) is 0 Å². The highest BCUT2D eigenvalue weighted by atomic mass is 79.9. The molecular formula is C13H10BrN3. The van der Waals surface area contributed by atoms with Gasteiger partial charge in [-0.1, -0.05) is 22.0 Å². The van der Waals surface area contributed by atoms with E-state index in [1.54, 1.807) is 6.20 Å². The smallest absolute Gasteiger partial charge is 0.159 e. The van der Waals surface area contributed by atoms with Gasteiger partial charge >= 0.3 is 0 Å². The first-order valence-electron chi connectivity index (χ1n) is 5.29. The van der Waals surface area contributed by atoms with Gasteiger partial charge in [0.2, 0.25) is 0 Å². The summed E-state index contributed by atoms with van der Waals surface area (Å²) < 4.78 is 3.10. The van der Waals surface area contributed by atoms with E-state index in [-0.39, 0.29) is 0 Å². The molecule has 1 aromatic carbocycles.